The van der Waals surface area contributed by atoms with Crippen LogP contribution in [0.5, 0.6) is 0 Å². The average Bonchev–Trinajstić information content (AvgIpc) is 2.35. The Morgan fingerprint density at radius 3 is 2.82 bits per heavy atom. The van der Waals surface area contributed by atoms with E-state index in [0.717, 1.165) is 0 Å². The number of hydrogen-bond donors (Lipinski definition) is 0. The number of rotatable bonds is 2. The molecule has 1 radical (unpaired) electrons. The summed E-state index contributed by atoms with van der Waals surface area (Å²) in [6.45, 7) is 0.703. The molecule has 0 unspecified atom stereocenters. The van der Waals surface area contributed by atoms with Crippen LogP contribution in [0.3, 0.4) is 0 Å². The molecule has 0 saturated carbocycles. The van der Waals surface area contributed by atoms with Crippen molar-refractivity contribution in [2.45, 2.75) is 0 Å². The highest BCUT2D eigenvalue weighted by molar-refractivity contribution is 6.69. The maximum atomic E-state index is 10.7. The van der Waals surface area contributed by atoms with Crippen LogP contribution in [0.15, 0.2) is 12.4 Å². The molecular weight excluding hydrogens is 143 g/mol. The van der Waals surface area contributed by atoms with Gasteiger partial charge in [-0.15, -0.1) is 0 Å². The Labute approximate surface area is 66.7 Å². The van der Waals surface area contributed by atoms with Crippen LogP contribution in [0.2, 0.25) is 0 Å². The molecule has 1 aliphatic rings. The van der Waals surface area contributed by atoms with Gasteiger partial charge in [-0.3, -0.25) is 4.79 Å². The van der Waals surface area contributed by atoms with Crippen molar-refractivity contribution in [1.82, 2.24) is 9.71 Å². The Bertz CT molecular complexity index is 183. The van der Waals surface area contributed by atoms with Crippen molar-refractivity contribution in [3.63, 3.8) is 0 Å². The first kappa shape index (κ1) is 7.98. The van der Waals surface area contributed by atoms with E-state index in [9.17, 15) is 4.79 Å². The first-order valence-electron chi connectivity index (χ1n) is 3.29. The van der Waals surface area contributed by atoms with Crippen LogP contribution in [0.25, 0.3) is 0 Å². The lowest BCUT2D eigenvalue weighted by molar-refractivity contribution is 0.195. The fourth-order valence-corrected chi connectivity index (χ4v) is 0.823. The monoisotopic (exact) mass is 153 g/mol. The molecule has 0 saturated heterocycles. The lowest BCUT2D eigenvalue weighted by Gasteiger charge is -2.15. The highest BCUT2D eigenvalue weighted by Gasteiger charge is 2.15. The molecule has 0 aromatic carbocycles. The number of ether oxygens (including phenoxy) is 1. The Balaban J connectivity index is 2.29. The Hall–Kier alpha value is -1.13. The third kappa shape index (κ3) is 2.18. The lowest BCUT2D eigenvalue weighted by Crippen LogP contribution is -2.31. The summed E-state index contributed by atoms with van der Waals surface area (Å²) < 4.78 is 4.46. The van der Waals surface area contributed by atoms with Crippen LogP contribution in [0.1, 0.15) is 0 Å². The zero-order chi connectivity index (χ0) is 8.27. The predicted octanol–water partition coefficient (Wildman–Crippen LogP) is 0.0481. The van der Waals surface area contributed by atoms with Gasteiger partial charge in [-0.25, -0.2) is 0 Å². The summed E-state index contributed by atoms with van der Waals surface area (Å²) >= 11 is 0. The molecule has 11 heavy (non-hydrogen) atoms. The zero-order valence-corrected chi connectivity index (χ0v) is 6.65. The van der Waals surface area contributed by atoms with Gasteiger partial charge >= 0.3 is 7.41 Å². The normalized spacial score (nSPS) is 15.5. The van der Waals surface area contributed by atoms with E-state index >= 15 is 0 Å². The zero-order valence-electron chi connectivity index (χ0n) is 6.65. The summed E-state index contributed by atoms with van der Waals surface area (Å²) in [6, 6.07) is 0. The van der Waals surface area contributed by atoms with E-state index < -0.39 is 0 Å². The van der Waals surface area contributed by atoms with E-state index in [2.05, 4.69) is 4.74 Å². The van der Waals surface area contributed by atoms with Crippen LogP contribution in [-0.4, -0.2) is 43.8 Å². The van der Waals surface area contributed by atoms with E-state index in [0.29, 0.717) is 6.67 Å². The van der Waals surface area contributed by atoms with Crippen LogP contribution < -0.4 is 0 Å². The van der Waals surface area contributed by atoms with Gasteiger partial charge in [0, 0.05) is 19.4 Å². The molecule has 0 fully saturated rings. The van der Waals surface area contributed by atoms with E-state index in [1.54, 1.807) is 4.81 Å². The van der Waals surface area contributed by atoms with E-state index in [-0.39, 0.29) is 5.87 Å². The van der Waals surface area contributed by atoms with E-state index in [1.807, 2.05) is 24.3 Å². The Morgan fingerprint density at radius 1 is 1.64 bits per heavy atom. The maximum absolute atomic E-state index is 10.7. The first-order valence-corrected chi connectivity index (χ1v) is 3.29. The highest BCUT2D eigenvalue weighted by atomic mass is 16.5. The van der Waals surface area contributed by atoms with Gasteiger partial charge < -0.3 is 14.4 Å². The molecule has 0 aliphatic carbocycles. The number of nitrogens with zero attached hydrogens (tertiary/aromatic N) is 2. The second-order valence-electron chi connectivity index (χ2n) is 2.36. The molecule has 1 rings (SSSR count). The van der Waals surface area contributed by atoms with Gasteiger partial charge in [0.1, 0.15) is 0 Å². The molecule has 0 atom stereocenters. The van der Waals surface area contributed by atoms with Crippen LogP contribution in [0.4, 0.5) is 4.79 Å². The Morgan fingerprint density at radius 2 is 2.36 bits per heavy atom. The van der Waals surface area contributed by atoms with Gasteiger partial charge in [-0.2, -0.15) is 0 Å². The number of carbonyl (C=O) groups is 1. The van der Waals surface area contributed by atoms with Crippen molar-refractivity contribution in [2.24, 2.45) is 0 Å². The van der Waals surface area contributed by atoms with Gasteiger partial charge in [0.25, 0.3) is 5.87 Å². The second kappa shape index (κ2) is 3.32. The molecule has 0 bridgehead atoms. The van der Waals surface area contributed by atoms with E-state index in [1.165, 1.54) is 14.5 Å². The van der Waals surface area contributed by atoms with Gasteiger partial charge in [-0.05, 0) is 0 Å². The first-order chi connectivity index (χ1) is 5.22. The van der Waals surface area contributed by atoms with Crippen molar-refractivity contribution in [2.75, 3.05) is 20.8 Å². The van der Waals surface area contributed by atoms with Gasteiger partial charge in [0.05, 0.1) is 13.8 Å². The summed E-state index contributed by atoms with van der Waals surface area (Å²) in [4.78, 5) is 14.4. The third-order valence-electron chi connectivity index (χ3n) is 1.37. The van der Waals surface area contributed by atoms with Crippen molar-refractivity contribution < 1.29 is 9.53 Å². The van der Waals surface area contributed by atoms with Crippen molar-refractivity contribution >= 4 is 13.3 Å². The molecule has 0 aromatic rings. The molecule has 59 valence electrons. The maximum Gasteiger partial charge on any atom is 0.394 e. The molecule has 4 nitrogen and oxygen atoms in total. The molecule has 1 heterocycles. The fourth-order valence-electron chi connectivity index (χ4n) is 0.823. The van der Waals surface area contributed by atoms with Crippen molar-refractivity contribution in [3.8, 4) is 0 Å². The topological polar surface area (TPSA) is 32.8 Å². The van der Waals surface area contributed by atoms with Gasteiger partial charge in [0.15, 0.2) is 0 Å². The smallest absolute Gasteiger partial charge is 0.394 e. The van der Waals surface area contributed by atoms with Crippen molar-refractivity contribution in [3.05, 3.63) is 12.4 Å². The molecule has 0 N–H and O–H groups in total. The summed E-state index contributed by atoms with van der Waals surface area (Å²) in [5.41, 5.74) is 0. The van der Waals surface area contributed by atoms with Crippen molar-refractivity contribution in [1.29, 1.82) is 0 Å². The minimum atomic E-state index is -0.329. The average molecular weight is 153 g/mol. The predicted molar refractivity (Wildman–Crippen MR) is 41.8 cm³/mol. The van der Waals surface area contributed by atoms with Crippen LogP contribution in [-0.2, 0) is 4.74 Å². The summed E-state index contributed by atoms with van der Waals surface area (Å²) in [7, 11) is 4.71. The Kier molecular flexibility index (Phi) is 2.41. The SMILES string of the molecule is COC(=O)[B]N1C=CN(C)C1. The van der Waals surface area contributed by atoms with Crippen LogP contribution in [0, 0.1) is 0 Å². The third-order valence-corrected chi connectivity index (χ3v) is 1.37. The summed E-state index contributed by atoms with van der Waals surface area (Å²) in [5, 5.41) is 0. The number of hydrogen-bond acceptors (Lipinski definition) is 4. The number of carbonyl (C=O) groups excluding carboxylic acids is 1. The molecule has 1 aliphatic heterocycles. The van der Waals surface area contributed by atoms with Gasteiger partial charge in [0.2, 0.25) is 0 Å². The molecule has 0 spiro atoms. The minimum Gasteiger partial charge on any atom is -0.476 e. The summed E-state index contributed by atoms with van der Waals surface area (Å²) in [5.74, 6) is -0.329. The van der Waals surface area contributed by atoms with Gasteiger partial charge in [-0.1, -0.05) is 0 Å². The second-order valence-corrected chi connectivity index (χ2v) is 2.36. The lowest BCUT2D eigenvalue weighted by atomic mass is 9.93. The standard InChI is InChI=1S/C6H10BN2O2/c1-8-3-4-9(5-8)7-6(10)11-2/h3-4H,5H2,1-2H3. The largest absolute Gasteiger partial charge is 0.476 e. The molecular formula is C6H10BN2O2. The van der Waals surface area contributed by atoms with Crippen LogP contribution >= 0.6 is 0 Å². The minimum absolute atomic E-state index is 0.329. The number of methoxy groups -OCH3 is 1. The van der Waals surface area contributed by atoms with E-state index in [4.69, 9.17) is 0 Å². The molecule has 5 heteroatoms. The molecule has 0 amide bonds. The quantitative estimate of drug-likeness (QED) is 0.524. The molecule has 0 aromatic heterocycles. The summed E-state index contributed by atoms with van der Waals surface area (Å²) in [6.07, 6.45) is 3.70. The highest BCUT2D eigenvalue weighted by Crippen LogP contribution is 2.01. The fraction of sp³-hybridized carbons (Fsp3) is 0.500.